The minimum atomic E-state index is -0.380. The number of amides is 1. The average Bonchev–Trinajstić information content (AvgIpc) is 3.29. The highest BCUT2D eigenvalue weighted by atomic mass is 16.5. The second kappa shape index (κ2) is 9.38. The van der Waals surface area contributed by atoms with E-state index in [4.69, 9.17) is 4.74 Å². The normalized spacial score (nSPS) is 28.0. The van der Waals surface area contributed by atoms with Gasteiger partial charge in [-0.1, -0.05) is 50.1 Å². The zero-order chi connectivity index (χ0) is 19.3. The lowest BCUT2D eigenvalue weighted by Crippen LogP contribution is -2.58. The maximum Gasteiger partial charge on any atom is 0.253 e. The molecule has 2 aliphatic heterocycles. The lowest BCUT2D eigenvalue weighted by Gasteiger charge is -2.46. The fourth-order valence-corrected chi connectivity index (χ4v) is 5.25. The number of nitrogens with zero attached hydrogens (tertiary/aromatic N) is 3. The second-order valence-electron chi connectivity index (χ2n) is 8.49. The van der Waals surface area contributed by atoms with Gasteiger partial charge in [0.1, 0.15) is 0 Å². The van der Waals surface area contributed by atoms with E-state index in [1.54, 1.807) is 0 Å². The van der Waals surface area contributed by atoms with E-state index in [1.807, 2.05) is 4.90 Å². The molecule has 0 N–H and O–H groups in total. The Morgan fingerprint density at radius 1 is 1.04 bits per heavy atom. The SMILES string of the molecule is CCCN1CCN(C(=O)[C@@H]2OCCN(C3CCCC3)[C@H]2c2ccccc2)CC1. The molecule has 0 spiro atoms. The molecule has 154 valence electrons. The van der Waals surface area contributed by atoms with Gasteiger partial charge in [-0.15, -0.1) is 0 Å². The molecule has 0 unspecified atom stereocenters. The van der Waals surface area contributed by atoms with Crippen LogP contribution < -0.4 is 0 Å². The topological polar surface area (TPSA) is 36.0 Å². The molecule has 1 amide bonds. The quantitative estimate of drug-likeness (QED) is 0.781. The molecule has 0 bridgehead atoms. The Morgan fingerprint density at radius 3 is 2.43 bits per heavy atom. The molecule has 28 heavy (non-hydrogen) atoms. The monoisotopic (exact) mass is 385 g/mol. The number of carbonyl (C=O) groups excluding carboxylic acids is 1. The Hall–Kier alpha value is -1.43. The third-order valence-corrected chi connectivity index (χ3v) is 6.69. The molecule has 4 rings (SSSR count). The van der Waals surface area contributed by atoms with Gasteiger partial charge in [0.2, 0.25) is 0 Å². The Balaban J connectivity index is 1.52. The van der Waals surface area contributed by atoms with Gasteiger partial charge in [0, 0.05) is 38.8 Å². The van der Waals surface area contributed by atoms with Gasteiger partial charge in [-0.3, -0.25) is 14.6 Å². The van der Waals surface area contributed by atoms with Crippen LogP contribution in [0.5, 0.6) is 0 Å². The van der Waals surface area contributed by atoms with E-state index in [9.17, 15) is 4.79 Å². The summed E-state index contributed by atoms with van der Waals surface area (Å²) < 4.78 is 6.18. The third-order valence-electron chi connectivity index (χ3n) is 6.69. The van der Waals surface area contributed by atoms with Crippen molar-refractivity contribution >= 4 is 5.91 Å². The molecule has 2 saturated heterocycles. The maximum absolute atomic E-state index is 13.5. The van der Waals surface area contributed by atoms with Crippen LogP contribution in [0.1, 0.15) is 50.6 Å². The number of carbonyl (C=O) groups is 1. The molecule has 2 atom stereocenters. The van der Waals surface area contributed by atoms with Gasteiger partial charge in [0.15, 0.2) is 6.10 Å². The second-order valence-corrected chi connectivity index (χ2v) is 8.49. The molecule has 3 fully saturated rings. The first-order chi connectivity index (χ1) is 13.8. The number of rotatable bonds is 5. The molecule has 5 heteroatoms. The highest BCUT2D eigenvalue weighted by Crippen LogP contribution is 2.37. The summed E-state index contributed by atoms with van der Waals surface area (Å²) in [6, 6.07) is 11.2. The summed E-state index contributed by atoms with van der Waals surface area (Å²) in [5, 5.41) is 0. The predicted molar refractivity (Wildman–Crippen MR) is 111 cm³/mol. The van der Waals surface area contributed by atoms with E-state index in [2.05, 4.69) is 47.1 Å². The molecule has 1 aromatic carbocycles. The summed E-state index contributed by atoms with van der Waals surface area (Å²) in [6.07, 6.45) is 5.91. The molecular formula is C23H35N3O2. The number of ether oxygens (including phenoxy) is 1. The first-order valence-electron chi connectivity index (χ1n) is 11.2. The van der Waals surface area contributed by atoms with Gasteiger partial charge in [0.05, 0.1) is 12.6 Å². The Bertz CT molecular complexity index is 624. The van der Waals surface area contributed by atoms with Crippen LogP contribution in [0.4, 0.5) is 0 Å². The molecule has 1 aliphatic carbocycles. The van der Waals surface area contributed by atoms with Crippen LogP contribution in [0.25, 0.3) is 0 Å². The maximum atomic E-state index is 13.5. The fraction of sp³-hybridized carbons (Fsp3) is 0.696. The zero-order valence-corrected chi connectivity index (χ0v) is 17.3. The van der Waals surface area contributed by atoms with E-state index in [0.717, 1.165) is 39.3 Å². The molecule has 5 nitrogen and oxygen atoms in total. The lowest BCUT2D eigenvalue weighted by molar-refractivity contribution is -0.160. The minimum absolute atomic E-state index is 0.0409. The first kappa shape index (κ1) is 19.9. The summed E-state index contributed by atoms with van der Waals surface area (Å²) >= 11 is 0. The lowest BCUT2D eigenvalue weighted by atomic mass is 9.94. The molecule has 1 aromatic rings. The van der Waals surface area contributed by atoms with Crippen molar-refractivity contribution in [2.45, 2.75) is 57.2 Å². The number of benzene rings is 1. The van der Waals surface area contributed by atoms with Crippen LogP contribution >= 0.6 is 0 Å². The molecule has 3 aliphatic rings. The largest absolute Gasteiger partial charge is 0.365 e. The zero-order valence-electron chi connectivity index (χ0n) is 17.3. The highest BCUT2D eigenvalue weighted by Gasteiger charge is 2.43. The van der Waals surface area contributed by atoms with E-state index in [-0.39, 0.29) is 18.1 Å². The van der Waals surface area contributed by atoms with E-state index < -0.39 is 0 Å². The number of hydrogen-bond acceptors (Lipinski definition) is 4. The van der Waals surface area contributed by atoms with Crippen LogP contribution in [0, 0.1) is 0 Å². The van der Waals surface area contributed by atoms with Crippen molar-refractivity contribution in [2.24, 2.45) is 0 Å². The van der Waals surface area contributed by atoms with Gasteiger partial charge in [-0.2, -0.15) is 0 Å². The Morgan fingerprint density at radius 2 is 1.75 bits per heavy atom. The van der Waals surface area contributed by atoms with Crippen molar-refractivity contribution < 1.29 is 9.53 Å². The summed E-state index contributed by atoms with van der Waals surface area (Å²) in [5.41, 5.74) is 1.22. The van der Waals surface area contributed by atoms with Crippen LogP contribution in [0.15, 0.2) is 30.3 Å². The van der Waals surface area contributed by atoms with E-state index >= 15 is 0 Å². The van der Waals surface area contributed by atoms with Gasteiger partial charge in [-0.05, 0) is 31.4 Å². The average molecular weight is 386 g/mol. The smallest absolute Gasteiger partial charge is 0.253 e. The number of morpholine rings is 1. The summed E-state index contributed by atoms with van der Waals surface area (Å²) in [6.45, 7) is 8.54. The minimum Gasteiger partial charge on any atom is -0.365 e. The van der Waals surface area contributed by atoms with Crippen molar-refractivity contribution in [3.05, 3.63) is 35.9 Å². The van der Waals surface area contributed by atoms with Crippen LogP contribution in [-0.2, 0) is 9.53 Å². The summed E-state index contributed by atoms with van der Waals surface area (Å²) in [4.78, 5) is 20.6. The van der Waals surface area contributed by atoms with Crippen molar-refractivity contribution in [1.29, 1.82) is 0 Å². The molecule has 0 radical (unpaired) electrons. The van der Waals surface area contributed by atoms with E-state index in [1.165, 1.54) is 37.7 Å². The highest BCUT2D eigenvalue weighted by molar-refractivity contribution is 5.82. The van der Waals surface area contributed by atoms with Crippen LogP contribution in [0.2, 0.25) is 0 Å². The van der Waals surface area contributed by atoms with Gasteiger partial charge < -0.3 is 9.64 Å². The molecule has 2 heterocycles. The number of piperazine rings is 1. The molecule has 1 saturated carbocycles. The van der Waals surface area contributed by atoms with Gasteiger partial charge in [0.25, 0.3) is 5.91 Å². The Labute approximate surface area is 169 Å². The van der Waals surface area contributed by atoms with Crippen molar-refractivity contribution in [3.63, 3.8) is 0 Å². The fourth-order valence-electron chi connectivity index (χ4n) is 5.25. The number of hydrogen-bond donors (Lipinski definition) is 0. The van der Waals surface area contributed by atoms with Gasteiger partial charge >= 0.3 is 0 Å². The van der Waals surface area contributed by atoms with Crippen molar-refractivity contribution in [2.75, 3.05) is 45.9 Å². The standard InChI is InChI=1S/C23H35N3O2/c1-2-12-24-13-15-25(16-14-24)23(27)22-21(19-8-4-3-5-9-19)26(17-18-28-22)20-10-6-7-11-20/h3-5,8-9,20-22H,2,6-7,10-18H2,1H3/t21-,22+/m0/s1. The predicted octanol–water partition coefficient (Wildman–Crippen LogP) is 2.93. The summed E-state index contributed by atoms with van der Waals surface area (Å²) in [5.74, 6) is 0.188. The van der Waals surface area contributed by atoms with Crippen LogP contribution in [-0.4, -0.2) is 78.6 Å². The third kappa shape index (κ3) is 4.27. The van der Waals surface area contributed by atoms with E-state index in [0.29, 0.717) is 12.6 Å². The summed E-state index contributed by atoms with van der Waals surface area (Å²) in [7, 11) is 0. The molecule has 0 aromatic heterocycles. The van der Waals surface area contributed by atoms with Gasteiger partial charge in [-0.25, -0.2) is 0 Å². The first-order valence-corrected chi connectivity index (χ1v) is 11.2. The van der Waals surface area contributed by atoms with Crippen molar-refractivity contribution in [3.8, 4) is 0 Å². The molecular weight excluding hydrogens is 350 g/mol. The van der Waals surface area contributed by atoms with Crippen molar-refractivity contribution in [1.82, 2.24) is 14.7 Å². The van der Waals surface area contributed by atoms with Crippen LogP contribution in [0.3, 0.4) is 0 Å². The Kier molecular flexibility index (Phi) is 6.65.